The van der Waals surface area contributed by atoms with Crippen molar-refractivity contribution >= 4 is 5.69 Å². The first-order valence-electron chi connectivity index (χ1n) is 6.62. The van der Waals surface area contributed by atoms with Gasteiger partial charge in [-0.25, -0.2) is 9.37 Å². The number of alkyl halides is 2. The van der Waals surface area contributed by atoms with E-state index in [1.807, 2.05) is 0 Å². The van der Waals surface area contributed by atoms with Crippen molar-refractivity contribution < 1.29 is 17.9 Å². The molecule has 0 bridgehead atoms. The van der Waals surface area contributed by atoms with Gasteiger partial charge in [0.1, 0.15) is 0 Å². The van der Waals surface area contributed by atoms with Crippen LogP contribution in [0.15, 0.2) is 30.7 Å². The molecule has 7 heteroatoms. The van der Waals surface area contributed by atoms with Crippen molar-refractivity contribution in [1.29, 1.82) is 0 Å². The van der Waals surface area contributed by atoms with Gasteiger partial charge in [-0.15, -0.1) is 0 Å². The number of halogens is 3. The number of hydrogen-bond donors (Lipinski definition) is 1. The molecule has 4 nitrogen and oxygen atoms in total. The van der Waals surface area contributed by atoms with E-state index in [1.165, 1.54) is 12.1 Å². The van der Waals surface area contributed by atoms with Crippen molar-refractivity contribution in [3.05, 3.63) is 42.2 Å². The minimum atomic E-state index is -3.04. The van der Waals surface area contributed by atoms with E-state index >= 15 is 0 Å². The predicted octanol–water partition coefficient (Wildman–Crippen LogP) is 3.57. The zero-order valence-corrected chi connectivity index (χ0v) is 11.1. The summed E-state index contributed by atoms with van der Waals surface area (Å²) in [4.78, 5) is 4.11. The number of nitrogens with one attached hydrogen (secondary N) is 1. The smallest absolute Gasteiger partial charge is 0.387 e. The van der Waals surface area contributed by atoms with Gasteiger partial charge in [0.25, 0.3) is 0 Å². The Balaban J connectivity index is 1.65. The molecule has 3 rings (SSSR count). The average molecular weight is 297 g/mol. The van der Waals surface area contributed by atoms with E-state index in [0.29, 0.717) is 18.3 Å². The molecule has 1 aliphatic rings. The number of benzene rings is 1. The molecular weight excluding hydrogens is 283 g/mol. The Bertz CT molecular complexity index is 626. The highest BCUT2D eigenvalue weighted by molar-refractivity contribution is 5.47. The van der Waals surface area contributed by atoms with Gasteiger partial charge >= 0.3 is 6.61 Å². The Morgan fingerprint density at radius 1 is 1.38 bits per heavy atom. The molecule has 0 saturated heterocycles. The van der Waals surface area contributed by atoms with Crippen LogP contribution in [-0.2, 0) is 6.54 Å². The van der Waals surface area contributed by atoms with Gasteiger partial charge in [0.2, 0.25) is 0 Å². The molecule has 2 aromatic rings. The van der Waals surface area contributed by atoms with E-state index in [4.69, 9.17) is 0 Å². The van der Waals surface area contributed by atoms with Gasteiger partial charge in [-0.2, -0.15) is 8.78 Å². The molecule has 0 unspecified atom stereocenters. The maximum atomic E-state index is 13.6. The third kappa shape index (κ3) is 3.29. The summed E-state index contributed by atoms with van der Waals surface area (Å²) in [5, 5.41) is 3.05. The van der Waals surface area contributed by atoms with Gasteiger partial charge in [-0.1, -0.05) is 0 Å². The normalized spacial score (nSPS) is 14.5. The SMILES string of the molecule is Fc1cc(NCc2cncn2C2CC2)ccc1OC(F)F. The lowest BCUT2D eigenvalue weighted by molar-refractivity contribution is -0.0521. The first-order chi connectivity index (χ1) is 10.1. The molecule has 1 aromatic carbocycles. The van der Waals surface area contributed by atoms with Crippen molar-refractivity contribution in [2.75, 3.05) is 5.32 Å². The molecule has 1 aliphatic carbocycles. The number of nitrogens with zero attached hydrogens (tertiary/aromatic N) is 2. The standard InChI is InChI=1S/C14H14F3N3O/c15-12-5-9(1-4-13(12)21-14(16)17)19-7-11-6-18-8-20(11)10-2-3-10/h1,4-6,8,10,14,19H,2-3,7H2. The molecule has 0 atom stereocenters. The molecule has 1 fully saturated rings. The highest BCUT2D eigenvalue weighted by atomic mass is 19.3. The van der Waals surface area contributed by atoms with Crippen LogP contribution < -0.4 is 10.1 Å². The first-order valence-corrected chi connectivity index (χ1v) is 6.62. The summed E-state index contributed by atoms with van der Waals surface area (Å²) in [6.45, 7) is -2.54. The van der Waals surface area contributed by atoms with Crippen LogP contribution in [0.4, 0.5) is 18.9 Å². The first kappa shape index (κ1) is 13.8. The van der Waals surface area contributed by atoms with Gasteiger partial charge in [-0.3, -0.25) is 0 Å². The lowest BCUT2D eigenvalue weighted by atomic mass is 10.3. The Morgan fingerprint density at radius 2 is 2.19 bits per heavy atom. The van der Waals surface area contributed by atoms with Gasteiger partial charge in [0, 0.05) is 24.0 Å². The van der Waals surface area contributed by atoms with Crippen LogP contribution in [0.25, 0.3) is 0 Å². The van der Waals surface area contributed by atoms with Crippen molar-refractivity contribution in [2.24, 2.45) is 0 Å². The van der Waals surface area contributed by atoms with Crippen LogP contribution in [-0.4, -0.2) is 16.2 Å². The maximum Gasteiger partial charge on any atom is 0.387 e. The van der Waals surface area contributed by atoms with E-state index in [9.17, 15) is 13.2 Å². The van der Waals surface area contributed by atoms with E-state index in [2.05, 4.69) is 19.6 Å². The van der Waals surface area contributed by atoms with Crippen LogP contribution in [0.2, 0.25) is 0 Å². The summed E-state index contributed by atoms with van der Waals surface area (Å²) in [6, 6.07) is 4.33. The van der Waals surface area contributed by atoms with Gasteiger partial charge < -0.3 is 14.6 Å². The molecule has 0 amide bonds. The molecule has 112 valence electrons. The summed E-state index contributed by atoms with van der Waals surface area (Å²) in [6.07, 6.45) is 5.85. The molecule has 0 radical (unpaired) electrons. The Labute approximate surface area is 119 Å². The minimum Gasteiger partial charge on any atom is -0.432 e. The van der Waals surface area contributed by atoms with Crippen molar-refractivity contribution in [3.8, 4) is 5.75 Å². The van der Waals surface area contributed by atoms with Crippen LogP contribution >= 0.6 is 0 Å². The largest absolute Gasteiger partial charge is 0.432 e. The zero-order valence-electron chi connectivity index (χ0n) is 11.1. The fraction of sp³-hybridized carbons (Fsp3) is 0.357. The molecule has 0 spiro atoms. The average Bonchev–Trinajstić information content (AvgIpc) is 3.18. The van der Waals surface area contributed by atoms with Gasteiger partial charge in [0.15, 0.2) is 11.6 Å². The second kappa shape index (κ2) is 5.67. The molecule has 0 aliphatic heterocycles. The zero-order chi connectivity index (χ0) is 14.8. The van der Waals surface area contributed by atoms with Crippen LogP contribution in [0.3, 0.4) is 0 Å². The fourth-order valence-electron chi connectivity index (χ4n) is 2.15. The highest BCUT2D eigenvalue weighted by Crippen LogP contribution is 2.35. The summed E-state index contributed by atoms with van der Waals surface area (Å²) in [7, 11) is 0. The monoisotopic (exact) mass is 297 g/mol. The van der Waals surface area contributed by atoms with Gasteiger partial charge in [0.05, 0.1) is 18.6 Å². The lowest BCUT2D eigenvalue weighted by Crippen LogP contribution is -2.07. The molecule has 1 aromatic heterocycles. The van der Waals surface area contributed by atoms with Crippen molar-refractivity contribution in [1.82, 2.24) is 9.55 Å². The van der Waals surface area contributed by atoms with Crippen LogP contribution in [0.5, 0.6) is 5.75 Å². The molecule has 1 saturated carbocycles. The third-order valence-electron chi connectivity index (χ3n) is 3.31. The molecule has 1 N–H and O–H groups in total. The van der Waals surface area contributed by atoms with Crippen molar-refractivity contribution in [2.45, 2.75) is 32.0 Å². The van der Waals surface area contributed by atoms with E-state index < -0.39 is 18.2 Å². The number of hydrogen-bond acceptors (Lipinski definition) is 3. The summed E-state index contributed by atoms with van der Waals surface area (Å²) >= 11 is 0. The molecule has 1 heterocycles. The highest BCUT2D eigenvalue weighted by Gasteiger charge is 2.25. The molecule has 21 heavy (non-hydrogen) atoms. The Hall–Kier alpha value is -2.18. The minimum absolute atomic E-state index is 0.460. The quantitative estimate of drug-likeness (QED) is 0.886. The number of aromatic nitrogens is 2. The van der Waals surface area contributed by atoms with Gasteiger partial charge in [-0.05, 0) is 25.0 Å². The summed E-state index contributed by atoms with van der Waals surface area (Å²) < 4.78 is 43.8. The predicted molar refractivity (Wildman–Crippen MR) is 70.9 cm³/mol. The van der Waals surface area contributed by atoms with Crippen LogP contribution in [0.1, 0.15) is 24.6 Å². The van der Waals surface area contributed by atoms with Crippen molar-refractivity contribution in [3.63, 3.8) is 0 Å². The summed E-state index contributed by atoms with van der Waals surface area (Å²) in [5.74, 6) is -1.28. The molecular formula is C14H14F3N3O. The van der Waals surface area contributed by atoms with Crippen LogP contribution in [0, 0.1) is 5.82 Å². The second-order valence-electron chi connectivity index (χ2n) is 4.90. The number of imidazole rings is 1. The maximum absolute atomic E-state index is 13.6. The third-order valence-corrected chi connectivity index (χ3v) is 3.31. The van der Waals surface area contributed by atoms with E-state index in [1.54, 1.807) is 12.5 Å². The van der Waals surface area contributed by atoms with E-state index in [0.717, 1.165) is 24.6 Å². The number of anilines is 1. The number of ether oxygens (including phenoxy) is 1. The lowest BCUT2D eigenvalue weighted by Gasteiger charge is -2.11. The topological polar surface area (TPSA) is 39.1 Å². The fourth-order valence-corrected chi connectivity index (χ4v) is 2.15. The number of rotatable bonds is 6. The van der Waals surface area contributed by atoms with E-state index in [-0.39, 0.29) is 0 Å². The Morgan fingerprint density at radius 3 is 2.86 bits per heavy atom. The second-order valence-corrected chi connectivity index (χ2v) is 4.90. The summed E-state index contributed by atoms with van der Waals surface area (Å²) in [5.41, 5.74) is 1.50. The Kier molecular flexibility index (Phi) is 3.72.